The summed E-state index contributed by atoms with van der Waals surface area (Å²) >= 11 is 0. The molecule has 0 aromatic heterocycles. The Kier molecular flexibility index (Phi) is 4.18. The molecule has 2 rings (SSSR count). The van der Waals surface area contributed by atoms with E-state index in [1.54, 1.807) is 6.92 Å². The minimum atomic E-state index is -5.11. The smallest absolute Gasteiger partial charge is 0.455 e. The van der Waals surface area contributed by atoms with Crippen molar-refractivity contribution in [3.05, 3.63) is 0 Å². The van der Waals surface area contributed by atoms with Crippen LogP contribution in [-0.2, 0) is 23.8 Å². The Morgan fingerprint density at radius 3 is 2.45 bits per heavy atom. The van der Waals surface area contributed by atoms with Crippen LogP contribution in [0.25, 0.3) is 0 Å². The molecule has 8 heteroatoms. The predicted octanol–water partition coefficient (Wildman–Crippen LogP) is 2.51. The Morgan fingerprint density at radius 2 is 1.91 bits per heavy atom. The van der Waals surface area contributed by atoms with Crippen LogP contribution >= 0.6 is 0 Å². The van der Waals surface area contributed by atoms with E-state index in [0.29, 0.717) is 6.42 Å². The molecule has 0 amide bonds. The molecule has 0 N–H and O–H groups in total. The molecule has 0 aromatic carbocycles. The maximum atomic E-state index is 12.4. The van der Waals surface area contributed by atoms with E-state index < -0.39 is 47.9 Å². The van der Waals surface area contributed by atoms with Crippen molar-refractivity contribution in [1.29, 1.82) is 0 Å². The van der Waals surface area contributed by atoms with Gasteiger partial charge < -0.3 is 14.2 Å². The third-order valence-corrected chi connectivity index (χ3v) is 4.02. The highest BCUT2D eigenvalue weighted by Gasteiger charge is 2.55. The van der Waals surface area contributed by atoms with Crippen molar-refractivity contribution in [2.75, 3.05) is 0 Å². The summed E-state index contributed by atoms with van der Waals surface area (Å²) in [6, 6.07) is 0. The van der Waals surface area contributed by atoms with Crippen LogP contribution in [0.1, 0.15) is 46.5 Å². The molecule has 2 aliphatic rings. The summed E-state index contributed by atoms with van der Waals surface area (Å²) in [7, 11) is 0. The molecule has 2 saturated heterocycles. The Balaban J connectivity index is 2.17. The second-order valence-corrected chi connectivity index (χ2v) is 6.58. The number of ether oxygens (including phenoxy) is 3. The highest BCUT2D eigenvalue weighted by Crippen LogP contribution is 2.42. The van der Waals surface area contributed by atoms with Gasteiger partial charge in [0.1, 0.15) is 5.60 Å². The Labute approximate surface area is 126 Å². The molecule has 3 atom stereocenters. The topological polar surface area (TPSA) is 61.8 Å². The fourth-order valence-corrected chi connectivity index (χ4v) is 3.16. The van der Waals surface area contributed by atoms with Crippen molar-refractivity contribution < 1.29 is 37.0 Å². The number of rotatable bonds is 2. The van der Waals surface area contributed by atoms with Gasteiger partial charge in [-0.05, 0) is 40.0 Å². The van der Waals surface area contributed by atoms with Crippen LogP contribution < -0.4 is 0 Å². The summed E-state index contributed by atoms with van der Waals surface area (Å²) in [6.45, 7) is 5.39. The van der Waals surface area contributed by atoms with Crippen molar-refractivity contribution in [1.82, 2.24) is 0 Å². The monoisotopic (exact) mass is 324 g/mol. The Bertz CT molecular complexity index is 474. The lowest BCUT2D eigenvalue weighted by Crippen LogP contribution is -2.55. The molecular formula is C14H19F3O5. The van der Waals surface area contributed by atoms with Crippen LogP contribution in [0.15, 0.2) is 0 Å². The summed E-state index contributed by atoms with van der Waals surface area (Å²) < 4.78 is 52.6. The van der Waals surface area contributed by atoms with Gasteiger partial charge in [-0.2, -0.15) is 13.2 Å². The standard InChI is InChI=1S/C14H19F3O5/c1-12(2)5-4-6-13(3,22-12)10-8(7-9(18)21-10)20-11(19)14(15,16)17/h8,10H,4-7H2,1-3H3/t8-,10-,13+/m0/s1. The van der Waals surface area contributed by atoms with Gasteiger partial charge in [-0.25, -0.2) is 4.79 Å². The quantitative estimate of drug-likeness (QED) is 0.731. The molecule has 0 aliphatic carbocycles. The second kappa shape index (κ2) is 5.40. The van der Waals surface area contributed by atoms with Gasteiger partial charge in [0.15, 0.2) is 12.2 Å². The summed E-state index contributed by atoms with van der Waals surface area (Å²) in [5, 5.41) is 0. The van der Waals surface area contributed by atoms with Crippen molar-refractivity contribution >= 4 is 11.9 Å². The number of carbonyl (C=O) groups is 2. The zero-order chi connectivity index (χ0) is 16.8. The van der Waals surface area contributed by atoms with E-state index in [0.717, 1.165) is 12.8 Å². The van der Waals surface area contributed by atoms with E-state index >= 15 is 0 Å². The average Bonchev–Trinajstić information content (AvgIpc) is 2.68. The van der Waals surface area contributed by atoms with Crippen molar-refractivity contribution in [2.45, 2.75) is 76.0 Å². The fraction of sp³-hybridized carbons (Fsp3) is 0.857. The second-order valence-electron chi connectivity index (χ2n) is 6.58. The van der Waals surface area contributed by atoms with Gasteiger partial charge in [0.2, 0.25) is 0 Å². The zero-order valence-corrected chi connectivity index (χ0v) is 12.7. The van der Waals surface area contributed by atoms with Crippen molar-refractivity contribution in [2.24, 2.45) is 0 Å². The largest absolute Gasteiger partial charge is 0.490 e. The van der Waals surface area contributed by atoms with Gasteiger partial charge >= 0.3 is 18.1 Å². The molecule has 22 heavy (non-hydrogen) atoms. The molecule has 5 nitrogen and oxygen atoms in total. The van der Waals surface area contributed by atoms with Gasteiger partial charge in [-0.3, -0.25) is 4.79 Å². The minimum absolute atomic E-state index is 0.397. The number of alkyl halides is 3. The van der Waals surface area contributed by atoms with Gasteiger partial charge in [0.25, 0.3) is 0 Å². The molecule has 0 unspecified atom stereocenters. The molecule has 126 valence electrons. The van der Waals surface area contributed by atoms with E-state index in [4.69, 9.17) is 9.47 Å². The molecule has 2 aliphatic heterocycles. The summed E-state index contributed by atoms with van der Waals surface area (Å²) in [4.78, 5) is 22.5. The van der Waals surface area contributed by atoms with Gasteiger partial charge in [-0.15, -0.1) is 0 Å². The average molecular weight is 324 g/mol. The minimum Gasteiger partial charge on any atom is -0.455 e. The first-order valence-electron chi connectivity index (χ1n) is 7.10. The summed E-state index contributed by atoms with van der Waals surface area (Å²) in [5.74, 6) is -3.02. The van der Waals surface area contributed by atoms with Gasteiger partial charge in [-0.1, -0.05) is 0 Å². The van der Waals surface area contributed by atoms with E-state index in [1.807, 2.05) is 13.8 Å². The normalized spacial score (nSPS) is 35.1. The van der Waals surface area contributed by atoms with Crippen LogP contribution in [0.2, 0.25) is 0 Å². The highest BCUT2D eigenvalue weighted by molar-refractivity contribution is 5.78. The predicted molar refractivity (Wildman–Crippen MR) is 67.9 cm³/mol. The lowest BCUT2D eigenvalue weighted by Gasteiger charge is -2.46. The highest BCUT2D eigenvalue weighted by atomic mass is 19.4. The molecule has 0 radical (unpaired) electrons. The molecule has 2 heterocycles. The maximum absolute atomic E-state index is 12.4. The number of carbonyl (C=O) groups excluding carboxylic acids is 2. The van der Waals surface area contributed by atoms with Crippen LogP contribution in [-0.4, -0.2) is 41.5 Å². The molecule has 0 spiro atoms. The molecular weight excluding hydrogens is 305 g/mol. The molecule has 0 saturated carbocycles. The van der Waals surface area contributed by atoms with E-state index in [9.17, 15) is 22.8 Å². The van der Waals surface area contributed by atoms with Crippen LogP contribution in [0.5, 0.6) is 0 Å². The maximum Gasteiger partial charge on any atom is 0.490 e. The number of hydrogen-bond donors (Lipinski definition) is 0. The Morgan fingerprint density at radius 1 is 1.27 bits per heavy atom. The van der Waals surface area contributed by atoms with E-state index in [1.165, 1.54) is 0 Å². The SMILES string of the molecule is CC1(C)CCC[C@](C)([C@H]2OC(=O)C[C@@H]2OC(=O)C(F)(F)F)O1. The summed E-state index contributed by atoms with van der Waals surface area (Å²) in [6.07, 6.45) is -5.76. The third kappa shape index (κ3) is 3.53. The first-order valence-corrected chi connectivity index (χ1v) is 7.10. The van der Waals surface area contributed by atoms with Crippen molar-refractivity contribution in [3.63, 3.8) is 0 Å². The number of halogens is 3. The molecule has 2 fully saturated rings. The number of hydrogen-bond acceptors (Lipinski definition) is 5. The first-order chi connectivity index (χ1) is 9.93. The molecule has 0 aromatic rings. The van der Waals surface area contributed by atoms with Gasteiger partial charge in [0.05, 0.1) is 12.0 Å². The lowest BCUT2D eigenvalue weighted by atomic mass is 9.82. The number of esters is 2. The van der Waals surface area contributed by atoms with E-state index in [-0.39, 0.29) is 0 Å². The molecule has 0 bridgehead atoms. The van der Waals surface area contributed by atoms with Crippen molar-refractivity contribution in [3.8, 4) is 0 Å². The van der Waals surface area contributed by atoms with Crippen LogP contribution in [0.3, 0.4) is 0 Å². The van der Waals surface area contributed by atoms with Crippen LogP contribution in [0, 0.1) is 0 Å². The lowest BCUT2D eigenvalue weighted by molar-refractivity contribution is -0.235. The number of cyclic esters (lactones) is 1. The Hall–Kier alpha value is -1.31. The first kappa shape index (κ1) is 17.1. The third-order valence-electron chi connectivity index (χ3n) is 4.02. The summed E-state index contributed by atoms with van der Waals surface area (Å²) in [5.41, 5.74) is -1.47. The fourth-order valence-electron chi connectivity index (χ4n) is 3.16. The van der Waals surface area contributed by atoms with Crippen LogP contribution in [0.4, 0.5) is 13.2 Å². The zero-order valence-electron chi connectivity index (χ0n) is 12.7. The van der Waals surface area contributed by atoms with E-state index in [2.05, 4.69) is 4.74 Å². The van der Waals surface area contributed by atoms with Gasteiger partial charge in [0, 0.05) is 0 Å².